The SMILES string of the molecule is CC(CO)CNCC(O)c1ccccc1Cl. The summed E-state index contributed by atoms with van der Waals surface area (Å²) >= 11 is 5.96. The monoisotopic (exact) mass is 243 g/mol. The second kappa shape index (κ2) is 6.86. The second-order valence-corrected chi connectivity index (χ2v) is 4.39. The molecule has 0 heterocycles. The van der Waals surface area contributed by atoms with E-state index in [-0.39, 0.29) is 12.5 Å². The Hall–Kier alpha value is -0.610. The molecule has 0 aromatic heterocycles. The topological polar surface area (TPSA) is 52.5 Å². The number of benzene rings is 1. The quantitative estimate of drug-likeness (QED) is 0.711. The van der Waals surface area contributed by atoms with Crippen molar-refractivity contribution in [2.24, 2.45) is 5.92 Å². The fourth-order valence-corrected chi connectivity index (χ4v) is 1.65. The zero-order valence-corrected chi connectivity index (χ0v) is 10.1. The fourth-order valence-electron chi connectivity index (χ4n) is 1.39. The Labute approximate surface area is 101 Å². The molecule has 4 heteroatoms. The average molecular weight is 244 g/mol. The van der Waals surface area contributed by atoms with Gasteiger partial charge in [0.05, 0.1) is 6.10 Å². The van der Waals surface area contributed by atoms with Crippen LogP contribution in [0.2, 0.25) is 5.02 Å². The van der Waals surface area contributed by atoms with Crippen molar-refractivity contribution >= 4 is 11.6 Å². The summed E-state index contributed by atoms with van der Waals surface area (Å²) in [6.45, 7) is 3.20. The third kappa shape index (κ3) is 4.10. The number of halogens is 1. The van der Waals surface area contributed by atoms with Crippen LogP contribution in [0.4, 0.5) is 0 Å². The van der Waals surface area contributed by atoms with Crippen LogP contribution in [0.1, 0.15) is 18.6 Å². The first-order chi connectivity index (χ1) is 7.65. The highest BCUT2D eigenvalue weighted by molar-refractivity contribution is 6.31. The molecule has 0 fully saturated rings. The number of hydrogen-bond donors (Lipinski definition) is 3. The van der Waals surface area contributed by atoms with E-state index < -0.39 is 6.10 Å². The number of rotatable bonds is 6. The minimum absolute atomic E-state index is 0.148. The lowest BCUT2D eigenvalue weighted by molar-refractivity contribution is 0.168. The van der Waals surface area contributed by atoms with Crippen molar-refractivity contribution in [2.45, 2.75) is 13.0 Å². The highest BCUT2D eigenvalue weighted by Crippen LogP contribution is 2.21. The van der Waals surface area contributed by atoms with Crippen LogP contribution in [0.15, 0.2) is 24.3 Å². The van der Waals surface area contributed by atoms with Crippen LogP contribution >= 0.6 is 11.6 Å². The van der Waals surface area contributed by atoms with Gasteiger partial charge >= 0.3 is 0 Å². The Bertz CT molecular complexity index is 320. The van der Waals surface area contributed by atoms with Crippen molar-refractivity contribution in [3.63, 3.8) is 0 Å². The maximum atomic E-state index is 9.88. The van der Waals surface area contributed by atoms with Crippen molar-refractivity contribution in [2.75, 3.05) is 19.7 Å². The number of nitrogens with one attached hydrogen (secondary N) is 1. The average Bonchev–Trinajstić information content (AvgIpc) is 2.29. The molecule has 1 aromatic carbocycles. The van der Waals surface area contributed by atoms with E-state index in [2.05, 4.69) is 5.32 Å². The molecule has 0 amide bonds. The predicted molar refractivity (Wildman–Crippen MR) is 65.5 cm³/mol. The molecule has 0 radical (unpaired) electrons. The van der Waals surface area contributed by atoms with E-state index in [9.17, 15) is 5.11 Å². The van der Waals surface area contributed by atoms with Crippen molar-refractivity contribution in [3.05, 3.63) is 34.9 Å². The smallest absolute Gasteiger partial charge is 0.0928 e. The number of aliphatic hydroxyl groups is 2. The molecule has 3 N–H and O–H groups in total. The molecular formula is C12H18ClNO2. The Morgan fingerprint density at radius 3 is 2.62 bits per heavy atom. The molecule has 2 atom stereocenters. The molecule has 0 aliphatic carbocycles. The molecular weight excluding hydrogens is 226 g/mol. The van der Waals surface area contributed by atoms with E-state index in [1.54, 1.807) is 6.07 Å². The van der Waals surface area contributed by atoms with Crippen molar-refractivity contribution in [3.8, 4) is 0 Å². The summed E-state index contributed by atoms with van der Waals surface area (Å²) in [5.41, 5.74) is 0.730. The fraction of sp³-hybridized carbons (Fsp3) is 0.500. The maximum Gasteiger partial charge on any atom is 0.0928 e. The van der Waals surface area contributed by atoms with Gasteiger partial charge in [0.2, 0.25) is 0 Å². The van der Waals surface area contributed by atoms with Crippen LogP contribution in [0.5, 0.6) is 0 Å². The van der Waals surface area contributed by atoms with E-state index in [1.807, 2.05) is 25.1 Å². The van der Waals surface area contributed by atoms with E-state index in [4.69, 9.17) is 16.7 Å². The minimum atomic E-state index is -0.611. The van der Waals surface area contributed by atoms with E-state index in [1.165, 1.54) is 0 Å². The van der Waals surface area contributed by atoms with E-state index in [0.29, 0.717) is 18.1 Å². The van der Waals surface area contributed by atoms with Gasteiger partial charge in [-0.25, -0.2) is 0 Å². The van der Waals surface area contributed by atoms with Crippen LogP contribution in [-0.4, -0.2) is 29.9 Å². The molecule has 0 saturated heterocycles. The van der Waals surface area contributed by atoms with Crippen LogP contribution in [0, 0.1) is 5.92 Å². The van der Waals surface area contributed by atoms with Crippen LogP contribution in [-0.2, 0) is 0 Å². The molecule has 1 rings (SSSR count). The van der Waals surface area contributed by atoms with E-state index >= 15 is 0 Å². The van der Waals surface area contributed by atoms with Gasteiger partial charge in [-0.3, -0.25) is 0 Å². The summed E-state index contributed by atoms with van der Waals surface area (Å²) in [6.07, 6.45) is -0.611. The molecule has 2 unspecified atom stereocenters. The zero-order valence-electron chi connectivity index (χ0n) is 9.36. The van der Waals surface area contributed by atoms with Crippen molar-refractivity contribution < 1.29 is 10.2 Å². The van der Waals surface area contributed by atoms with Crippen LogP contribution < -0.4 is 5.32 Å². The molecule has 0 aliphatic rings. The van der Waals surface area contributed by atoms with E-state index in [0.717, 1.165) is 5.56 Å². The second-order valence-electron chi connectivity index (χ2n) is 3.98. The predicted octanol–water partition coefficient (Wildman–Crippen LogP) is 1.59. The van der Waals surface area contributed by atoms with Gasteiger partial charge in [-0.1, -0.05) is 36.7 Å². The van der Waals surface area contributed by atoms with Gasteiger partial charge in [0, 0.05) is 23.7 Å². The van der Waals surface area contributed by atoms with Crippen molar-refractivity contribution in [1.29, 1.82) is 0 Å². The first kappa shape index (κ1) is 13.5. The molecule has 0 saturated carbocycles. The minimum Gasteiger partial charge on any atom is -0.396 e. The summed E-state index contributed by atoms with van der Waals surface area (Å²) in [4.78, 5) is 0. The highest BCUT2D eigenvalue weighted by atomic mass is 35.5. The van der Waals surface area contributed by atoms with Gasteiger partial charge in [-0.15, -0.1) is 0 Å². The zero-order chi connectivity index (χ0) is 12.0. The van der Waals surface area contributed by atoms with Gasteiger partial charge in [0.1, 0.15) is 0 Å². The van der Waals surface area contributed by atoms with Crippen LogP contribution in [0.25, 0.3) is 0 Å². The van der Waals surface area contributed by atoms with Gasteiger partial charge < -0.3 is 15.5 Å². The molecule has 16 heavy (non-hydrogen) atoms. The Balaban J connectivity index is 2.41. The Morgan fingerprint density at radius 1 is 1.31 bits per heavy atom. The molecule has 0 bridgehead atoms. The van der Waals surface area contributed by atoms with Crippen molar-refractivity contribution in [1.82, 2.24) is 5.32 Å². The summed E-state index contributed by atoms with van der Waals surface area (Å²) < 4.78 is 0. The number of hydrogen-bond acceptors (Lipinski definition) is 3. The van der Waals surface area contributed by atoms with Gasteiger partial charge in [-0.05, 0) is 18.5 Å². The first-order valence-corrected chi connectivity index (χ1v) is 5.77. The molecule has 0 spiro atoms. The molecule has 3 nitrogen and oxygen atoms in total. The largest absolute Gasteiger partial charge is 0.396 e. The first-order valence-electron chi connectivity index (χ1n) is 5.39. The highest BCUT2D eigenvalue weighted by Gasteiger charge is 2.10. The Kier molecular flexibility index (Phi) is 5.77. The third-order valence-corrected chi connectivity index (χ3v) is 2.75. The lowest BCUT2D eigenvalue weighted by atomic mass is 10.1. The molecule has 0 aliphatic heterocycles. The Morgan fingerprint density at radius 2 is 2.00 bits per heavy atom. The van der Waals surface area contributed by atoms with Crippen LogP contribution in [0.3, 0.4) is 0 Å². The van der Waals surface area contributed by atoms with Gasteiger partial charge in [-0.2, -0.15) is 0 Å². The molecule has 1 aromatic rings. The maximum absolute atomic E-state index is 9.88. The lowest BCUT2D eigenvalue weighted by Gasteiger charge is -2.15. The summed E-state index contributed by atoms with van der Waals surface area (Å²) in [7, 11) is 0. The number of aliphatic hydroxyl groups excluding tert-OH is 2. The summed E-state index contributed by atoms with van der Waals surface area (Å²) in [5.74, 6) is 0.193. The van der Waals surface area contributed by atoms with Gasteiger partial charge in [0.15, 0.2) is 0 Å². The molecule has 90 valence electrons. The van der Waals surface area contributed by atoms with Gasteiger partial charge in [0.25, 0.3) is 0 Å². The summed E-state index contributed by atoms with van der Waals surface area (Å²) in [5, 5.41) is 22.4. The summed E-state index contributed by atoms with van der Waals surface area (Å²) in [6, 6.07) is 7.25. The lowest BCUT2D eigenvalue weighted by Crippen LogP contribution is -2.27. The third-order valence-electron chi connectivity index (χ3n) is 2.41. The standard InChI is InChI=1S/C12H18ClNO2/c1-9(8-15)6-14-7-12(16)10-4-2-3-5-11(10)13/h2-5,9,12,14-16H,6-8H2,1H3. The normalized spacial score (nSPS) is 14.8.